The molecule has 7 nitrogen and oxygen atoms in total. The van der Waals surface area contributed by atoms with Crippen molar-refractivity contribution >= 4 is 11.9 Å². The van der Waals surface area contributed by atoms with Gasteiger partial charge in [-0.25, -0.2) is 9.78 Å². The summed E-state index contributed by atoms with van der Waals surface area (Å²) >= 11 is 0. The number of rotatable bonds is 8. The Labute approximate surface area is 157 Å². The van der Waals surface area contributed by atoms with Gasteiger partial charge >= 0.3 is 5.97 Å². The van der Waals surface area contributed by atoms with Crippen LogP contribution >= 0.6 is 0 Å². The van der Waals surface area contributed by atoms with Crippen LogP contribution < -0.4 is 5.32 Å². The molecule has 7 heteroatoms. The first-order chi connectivity index (χ1) is 13.1. The highest BCUT2D eigenvalue weighted by molar-refractivity contribution is 5.83. The van der Waals surface area contributed by atoms with Gasteiger partial charge in [-0.3, -0.25) is 4.79 Å². The number of oxazole rings is 1. The maximum absolute atomic E-state index is 12.2. The molecular formula is C20H24N2O5. The number of carboxylic acids is 1. The number of aliphatic carboxylic acids is 1. The minimum Gasteiger partial charge on any atom is -0.480 e. The Kier molecular flexibility index (Phi) is 6.59. The lowest BCUT2D eigenvalue weighted by Gasteiger charge is -2.28. The molecule has 1 aliphatic rings. The summed E-state index contributed by atoms with van der Waals surface area (Å²) in [6.45, 7) is 1.02. The summed E-state index contributed by atoms with van der Waals surface area (Å²) in [5.41, 5.74) is 0.952. The molecule has 2 atom stereocenters. The van der Waals surface area contributed by atoms with Gasteiger partial charge in [0.15, 0.2) is 11.7 Å². The molecule has 1 saturated heterocycles. The molecule has 0 aliphatic carbocycles. The summed E-state index contributed by atoms with van der Waals surface area (Å²) < 4.78 is 11.0. The average Bonchev–Trinajstić information content (AvgIpc) is 3.16. The number of benzene rings is 1. The molecule has 0 saturated carbocycles. The lowest BCUT2D eigenvalue weighted by Crippen LogP contribution is -2.48. The Bertz CT molecular complexity index is 753. The highest BCUT2D eigenvalue weighted by Gasteiger charge is 2.31. The second-order valence-corrected chi connectivity index (χ2v) is 6.70. The van der Waals surface area contributed by atoms with E-state index in [-0.39, 0.29) is 18.2 Å². The molecule has 2 heterocycles. The molecule has 2 aromatic rings. The number of nitrogens with zero attached hydrogens (tertiary/aromatic N) is 1. The molecule has 2 unspecified atom stereocenters. The Morgan fingerprint density at radius 1 is 1.30 bits per heavy atom. The number of carbonyl (C=O) groups excluding carboxylic acids is 1. The van der Waals surface area contributed by atoms with E-state index < -0.39 is 12.0 Å². The van der Waals surface area contributed by atoms with Gasteiger partial charge < -0.3 is 19.6 Å². The van der Waals surface area contributed by atoms with Gasteiger partial charge in [-0.2, -0.15) is 0 Å². The Morgan fingerprint density at radius 2 is 2.11 bits per heavy atom. The molecule has 2 N–H and O–H groups in total. The first-order valence-corrected chi connectivity index (χ1v) is 9.23. The minimum absolute atomic E-state index is 0.180. The maximum atomic E-state index is 12.2. The van der Waals surface area contributed by atoms with Crippen molar-refractivity contribution in [1.29, 1.82) is 0 Å². The molecule has 1 aliphatic heterocycles. The van der Waals surface area contributed by atoms with Crippen LogP contribution in [-0.4, -0.2) is 41.2 Å². The molecule has 0 bridgehead atoms. The van der Waals surface area contributed by atoms with Crippen LogP contribution in [-0.2, 0) is 20.7 Å². The first kappa shape index (κ1) is 19.1. The number of aromatic nitrogens is 1. The summed E-state index contributed by atoms with van der Waals surface area (Å²) in [4.78, 5) is 27.9. The fourth-order valence-corrected chi connectivity index (χ4v) is 3.22. The van der Waals surface area contributed by atoms with Gasteiger partial charge in [-0.05, 0) is 19.3 Å². The second-order valence-electron chi connectivity index (χ2n) is 6.70. The number of amides is 1. The van der Waals surface area contributed by atoms with Crippen LogP contribution in [0.15, 0.2) is 40.9 Å². The zero-order chi connectivity index (χ0) is 19.1. The largest absolute Gasteiger partial charge is 0.480 e. The third kappa shape index (κ3) is 5.40. The number of hydrogen-bond acceptors (Lipinski definition) is 5. The number of carboxylic acid groups (broad SMARTS) is 1. The normalized spacial score (nSPS) is 18.0. The Balaban J connectivity index is 1.46. The predicted molar refractivity (Wildman–Crippen MR) is 98.0 cm³/mol. The fourth-order valence-electron chi connectivity index (χ4n) is 3.22. The number of aryl methyl sites for hydroxylation is 1. The van der Waals surface area contributed by atoms with E-state index in [0.717, 1.165) is 18.4 Å². The number of ether oxygens (including phenoxy) is 1. The van der Waals surface area contributed by atoms with E-state index in [4.69, 9.17) is 9.15 Å². The smallest absolute Gasteiger partial charge is 0.326 e. The molecule has 3 rings (SSSR count). The Morgan fingerprint density at radius 3 is 2.81 bits per heavy atom. The van der Waals surface area contributed by atoms with Gasteiger partial charge in [0.25, 0.3) is 0 Å². The van der Waals surface area contributed by atoms with Crippen LogP contribution in [0.4, 0.5) is 0 Å². The summed E-state index contributed by atoms with van der Waals surface area (Å²) in [6, 6.07) is 8.78. The van der Waals surface area contributed by atoms with Crippen LogP contribution in [0.2, 0.25) is 0 Å². The Hall–Kier alpha value is -2.67. The third-order valence-electron chi connectivity index (χ3n) is 4.66. The average molecular weight is 372 g/mol. The van der Waals surface area contributed by atoms with Gasteiger partial charge in [-0.1, -0.05) is 30.3 Å². The lowest BCUT2D eigenvalue weighted by atomic mass is 9.93. The molecule has 1 aromatic heterocycles. The van der Waals surface area contributed by atoms with Gasteiger partial charge in [-0.15, -0.1) is 0 Å². The summed E-state index contributed by atoms with van der Waals surface area (Å²) in [5.74, 6) is -0.211. The molecule has 144 valence electrons. The third-order valence-corrected chi connectivity index (χ3v) is 4.66. The van der Waals surface area contributed by atoms with Crippen LogP contribution in [0, 0.1) is 5.92 Å². The molecular weight excluding hydrogens is 348 g/mol. The SMILES string of the molecule is O=C(CCCc1ncc(-c2ccccc2)o1)NC(C(=O)O)C1CCCOC1. The summed E-state index contributed by atoms with van der Waals surface area (Å²) in [7, 11) is 0. The van der Waals surface area contributed by atoms with Crippen molar-refractivity contribution in [2.75, 3.05) is 13.2 Å². The van der Waals surface area contributed by atoms with Crippen molar-refractivity contribution in [2.45, 2.75) is 38.1 Å². The second kappa shape index (κ2) is 9.32. The number of carbonyl (C=O) groups is 2. The molecule has 27 heavy (non-hydrogen) atoms. The minimum atomic E-state index is -1.01. The number of nitrogens with one attached hydrogen (secondary N) is 1. The van der Waals surface area contributed by atoms with Crippen molar-refractivity contribution in [1.82, 2.24) is 10.3 Å². The quantitative estimate of drug-likeness (QED) is 0.739. The first-order valence-electron chi connectivity index (χ1n) is 9.23. The predicted octanol–water partition coefficient (Wildman–Crippen LogP) is 2.66. The highest BCUT2D eigenvalue weighted by Crippen LogP contribution is 2.21. The van der Waals surface area contributed by atoms with Gasteiger partial charge in [0.2, 0.25) is 5.91 Å². The molecule has 1 fully saturated rings. The fraction of sp³-hybridized carbons (Fsp3) is 0.450. The van der Waals surface area contributed by atoms with Crippen LogP contribution in [0.1, 0.15) is 31.6 Å². The van der Waals surface area contributed by atoms with Crippen LogP contribution in [0.5, 0.6) is 0 Å². The summed E-state index contributed by atoms with van der Waals surface area (Å²) in [6.07, 6.45) is 4.52. The topological polar surface area (TPSA) is 102 Å². The summed E-state index contributed by atoms with van der Waals surface area (Å²) in [5, 5.41) is 12.0. The molecule has 0 spiro atoms. The van der Waals surface area contributed by atoms with Gasteiger partial charge in [0.1, 0.15) is 6.04 Å². The van der Waals surface area contributed by atoms with E-state index in [1.807, 2.05) is 30.3 Å². The van der Waals surface area contributed by atoms with Crippen LogP contribution in [0.25, 0.3) is 11.3 Å². The van der Waals surface area contributed by atoms with Crippen molar-refractivity contribution in [3.63, 3.8) is 0 Å². The van der Waals surface area contributed by atoms with E-state index in [1.54, 1.807) is 6.20 Å². The standard InChI is InChI=1S/C20H24N2O5/c23-17(22-19(20(24)25)15-8-5-11-26-13-15)9-4-10-18-21-12-16(27-18)14-6-2-1-3-7-14/h1-3,6-7,12,15,19H,4-5,8-11,13H2,(H,22,23)(H,24,25). The lowest BCUT2D eigenvalue weighted by molar-refractivity contribution is -0.145. The van der Waals surface area contributed by atoms with Crippen molar-refractivity contribution in [2.24, 2.45) is 5.92 Å². The van der Waals surface area contributed by atoms with Gasteiger partial charge in [0.05, 0.1) is 12.8 Å². The zero-order valence-corrected chi connectivity index (χ0v) is 15.1. The van der Waals surface area contributed by atoms with Gasteiger partial charge in [0, 0.05) is 30.9 Å². The molecule has 1 aromatic carbocycles. The van der Waals surface area contributed by atoms with E-state index in [9.17, 15) is 14.7 Å². The van der Waals surface area contributed by atoms with Crippen molar-refractivity contribution in [3.8, 4) is 11.3 Å². The van der Waals surface area contributed by atoms with E-state index in [0.29, 0.717) is 37.7 Å². The van der Waals surface area contributed by atoms with E-state index >= 15 is 0 Å². The number of hydrogen-bond donors (Lipinski definition) is 2. The van der Waals surface area contributed by atoms with Crippen molar-refractivity contribution < 1.29 is 23.8 Å². The van der Waals surface area contributed by atoms with Crippen molar-refractivity contribution in [3.05, 3.63) is 42.4 Å². The molecule has 1 amide bonds. The van der Waals surface area contributed by atoms with E-state index in [2.05, 4.69) is 10.3 Å². The van der Waals surface area contributed by atoms with Crippen LogP contribution in [0.3, 0.4) is 0 Å². The maximum Gasteiger partial charge on any atom is 0.326 e. The molecule has 0 radical (unpaired) electrons. The zero-order valence-electron chi connectivity index (χ0n) is 15.1. The monoisotopic (exact) mass is 372 g/mol. The van der Waals surface area contributed by atoms with E-state index in [1.165, 1.54) is 0 Å². The highest BCUT2D eigenvalue weighted by atomic mass is 16.5.